The van der Waals surface area contributed by atoms with Crippen molar-refractivity contribution in [3.8, 4) is 40.0 Å². The van der Waals surface area contributed by atoms with Crippen LogP contribution in [0.15, 0.2) is 66.7 Å². The zero-order valence-electron chi connectivity index (χ0n) is 20.6. The number of methoxy groups -OCH3 is 2. The van der Waals surface area contributed by atoms with Gasteiger partial charge in [0.2, 0.25) is 5.88 Å². The molecule has 3 aromatic heterocycles. The van der Waals surface area contributed by atoms with E-state index in [4.69, 9.17) is 14.2 Å². The molecule has 0 unspecified atom stereocenters. The predicted molar refractivity (Wildman–Crippen MR) is 136 cm³/mol. The van der Waals surface area contributed by atoms with Gasteiger partial charge in [0.05, 0.1) is 26.5 Å². The summed E-state index contributed by atoms with van der Waals surface area (Å²) >= 11 is 0. The van der Waals surface area contributed by atoms with Crippen LogP contribution in [0.5, 0.6) is 17.4 Å². The molecule has 0 radical (unpaired) electrons. The van der Waals surface area contributed by atoms with Crippen molar-refractivity contribution < 1.29 is 19.0 Å². The van der Waals surface area contributed by atoms with Crippen molar-refractivity contribution in [3.63, 3.8) is 0 Å². The second-order valence-electron chi connectivity index (χ2n) is 8.04. The zero-order valence-corrected chi connectivity index (χ0v) is 20.6. The molecular formula is C26H25N7O4. The fraction of sp³-hybridized carbons (Fsp3) is 0.192. The third kappa shape index (κ3) is 4.92. The Balaban J connectivity index is 1.23. The van der Waals surface area contributed by atoms with E-state index >= 15 is 0 Å². The van der Waals surface area contributed by atoms with E-state index in [1.54, 1.807) is 54.7 Å². The predicted octanol–water partition coefficient (Wildman–Crippen LogP) is 3.02. The van der Waals surface area contributed by atoms with E-state index in [0.717, 1.165) is 16.8 Å². The molecule has 0 spiro atoms. The first kappa shape index (κ1) is 23.8. The lowest BCUT2D eigenvalue weighted by Gasteiger charge is -2.09. The van der Waals surface area contributed by atoms with Crippen LogP contribution in [0, 0.1) is 0 Å². The number of aromatic nitrogens is 6. The Kier molecular flexibility index (Phi) is 6.66. The van der Waals surface area contributed by atoms with Gasteiger partial charge in [0.1, 0.15) is 12.3 Å². The molecule has 37 heavy (non-hydrogen) atoms. The van der Waals surface area contributed by atoms with E-state index in [1.165, 1.54) is 0 Å². The first-order chi connectivity index (χ1) is 18.1. The largest absolute Gasteiger partial charge is 0.493 e. The Hall–Kier alpha value is -4.93. The van der Waals surface area contributed by atoms with Gasteiger partial charge in [-0.05, 0) is 30.3 Å². The average Bonchev–Trinajstić information content (AvgIpc) is 3.54. The first-order valence-electron chi connectivity index (χ1n) is 11.5. The van der Waals surface area contributed by atoms with Crippen LogP contribution in [0.1, 0.15) is 10.5 Å². The number of hydrogen-bond donors (Lipinski definition) is 1. The van der Waals surface area contributed by atoms with Gasteiger partial charge in [-0.2, -0.15) is 9.61 Å². The molecule has 0 aliphatic heterocycles. The summed E-state index contributed by atoms with van der Waals surface area (Å²) in [5, 5.41) is 20.2. The standard InChI is InChI=1S/C26H25N7O4/c1-32-20(16-19(30-32)17-7-5-4-6-8-17)26(34)27-13-14-37-24-12-11-23-28-29-25(33(23)31-24)18-9-10-21(35-2)22(15-18)36-3/h4-12,15-16H,13-14H2,1-3H3,(H,27,34). The molecule has 0 aliphatic carbocycles. The molecule has 0 aliphatic rings. The van der Waals surface area contributed by atoms with Gasteiger partial charge in [0.15, 0.2) is 23.0 Å². The molecule has 0 bridgehead atoms. The molecule has 0 atom stereocenters. The molecule has 11 nitrogen and oxygen atoms in total. The Bertz CT molecular complexity index is 1550. The lowest BCUT2D eigenvalue weighted by Crippen LogP contribution is -2.29. The minimum atomic E-state index is -0.237. The van der Waals surface area contributed by atoms with Crippen LogP contribution < -0.4 is 19.5 Å². The number of aryl methyl sites for hydroxylation is 1. The molecule has 3 heterocycles. The maximum Gasteiger partial charge on any atom is 0.269 e. The highest BCUT2D eigenvalue weighted by Crippen LogP contribution is 2.31. The van der Waals surface area contributed by atoms with Gasteiger partial charge in [-0.15, -0.1) is 15.3 Å². The summed E-state index contributed by atoms with van der Waals surface area (Å²) in [5.74, 6) is 1.85. The second-order valence-corrected chi connectivity index (χ2v) is 8.04. The SMILES string of the molecule is COc1ccc(-c2nnc3ccc(OCCNC(=O)c4cc(-c5ccccc5)nn4C)nn23)cc1OC. The summed E-state index contributed by atoms with van der Waals surface area (Å²) in [6.45, 7) is 0.510. The van der Waals surface area contributed by atoms with Gasteiger partial charge < -0.3 is 19.5 Å². The molecule has 0 saturated heterocycles. The molecule has 5 aromatic rings. The van der Waals surface area contributed by atoms with E-state index in [-0.39, 0.29) is 19.1 Å². The quantitative estimate of drug-likeness (QED) is 0.308. The number of hydrogen-bond acceptors (Lipinski definition) is 8. The Labute approximate surface area is 212 Å². The fourth-order valence-electron chi connectivity index (χ4n) is 3.84. The van der Waals surface area contributed by atoms with Crippen LogP contribution in [0.3, 0.4) is 0 Å². The van der Waals surface area contributed by atoms with E-state index in [0.29, 0.717) is 34.5 Å². The van der Waals surface area contributed by atoms with Crippen molar-refractivity contribution in [2.24, 2.45) is 7.05 Å². The van der Waals surface area contributed by atoms with Crippen molar-refractivity contribution in [2.45, 2.75) is 0 Å². The summed E-state index contributed by atoms with van der Waals surface area (Å²) in [7, 11) is 4.89. The topological polar surface area (TPSA) is 118 Å². The smallest absolute Gasteiger partial charge is 0.269 e. The lowest BCUT2D eigenvalue weighted by molar-refractivity contribution is 0.0937. The van der Waals surface area contributed by atoms with Gasteiger partial charge >= 0.3 is 0 Å². The van der Waals surface area contributed by atoms with Gasteiger partial charge in [0, 0.05) is 24.2 Å². The Morgan fingerprint density at radius 1 is 0.892 bits per heavy atom. The van der Waals surface area contributed by atoms with Crippen molar-refractivity contribution in [3.05, 3.63) is 72.4 Å². The van der Waals surface area contributed by atoms with E-state index in [9.17, 15) is 4.79 Å². The molecule has 2 aromatic carbocycles. The monoisotopic (exact) mass is 499 g/mol. The average molecular weight is 500 g/mol. The van der Waals surface area contributed by atoms with E-state index in [1.807, 2.05) is 42.5 Å². The molecule has 0 saturated carbocycles. The summed E-state index contributed by atoms with van der Waals surface area (Å²) in [6, 6.07) is 20.4. The number of fused-ring (bicyclic) bond motifs is 1. The molecule has 0 fully saturated rings. The number of amides is 1. The van der Waals surface area contributed by atoms with Crippen molar-refractivity contribution in [1.82, 2.24) is 34.9 Å². The normalized spacial score (nSPS) is 10.9. The number of benzene rings is 2. The van der Waals surface area contributed by atoms with Gasteiger partial charge in [-0.25, -0.2) is 0 Å². The number of nitrogens with zero attached hydrogens (tertiary/aromatic N) is 6. The molecular weight excluding hydrogens is 474 g/mol. The highest BCUT2D eigenvalue weighted by molar-refractivity contribution is 5.93. The minimum absolute atomic E-state index is 0.224. The number of ether oxygens (including phenoxy) is 3. The third-order valence-electron chi connectivity index (χ3n) is 5.70. The third-order valence-corrected chi connectivity index (χ3v) is 5.70. The van der Waals surface area contributed by atoms with Crippen LogP contribution in [0.2, 0.25) is 0 Å². The highest BCUT2D eigenvalue weighted by atomic mass is 16.5. The van der Waals surface area contributed by atoms with E-state index in [2.05, 4.69) is 25.7 Å². The van der Waals surface area contributed by atoms with Gasteiger partial charge in [0.25, 0.3) is 5.91 Å². The van der Waals surface area contributed by atoms with Crippen LogP contribution in [0.4, 0.5) is 0 Å². The summed E-state index contributed by atoms with van der Waals surface area (Å²) in [6.07, 6.45) is 0. The van der Waals surface area contributed by atoms with Crippen molar-refractivity contribution in [2.75, 3.05) is 27.4 Å². The molecule has 188 valence electrons. The molecule has 1 N–H and O–H groups in total. The highest BCUT2D eigenvalue weighted by Gasteiger charge is 2.15. The van der Waals surface area contributed by atoms with Crippen molar-refractivity contribution >= 4 is 11.6 Å². The van der Waals surface area contributed by atoms with Crippen molar-refractivity contribution in [1.29, 1.82) is 0 Å². The maximum atomic E-state index is 12.7. The number of rotatable bonds is 9. The maximum absolute atomic E-state index is 12.7. The summed E-state index contributed by atoms with van der Waals surface area (Å²) in [5.41, 5.74) is 3.47. The Morgan fingerprint density at radius 3 is 2.49 bits per heavy atom. The van der Waals surface area contributed by atoms with Crippen LogP contribution in [0.25, 0.3) is 28.3 Å². The number of carbonyl (C=O) groups is 1. The zero-order chi connectivity index (χ0) is 25.8. The minimum Gasteiger partial charge on any atom is -0.493 e. The van der Waals surface area contributed by atoms with Gasteiger partial charge in [-0.1, -0.05) is 30.3 Å². The second kappa shape index (κ2) is 10.4. The number of nitrogens with one attached hydrogen (secondary N) is 1. The first-order valence-corrected chi connectivity index (χ1v) is 11.5. The lowest BCUT2D eigenvalue weighted by atomic mass is 10.1. The van der Waals surface area contributed by atoms with Gasteiger partial charge in [-0.3, -0.25) is 9.48 Å². The summed E-state index contributed by atoms with van der Waals surface area (Å²) < 4.78 is 19.6. The fourth-order valence-corrected chi connectivity index (χ4v) is 3.84. The van der Waals surface area contributed by atoms with E-state index < -0.39 is 0 Å². The molecule has 5 rings (SSSR count). The summed E-state index contributed by atoms with van der Waals surface area (Å²) in [4.78, 5) is 12.7. The number of carbonyl (C=O) groups excluding carboxylic acids is 1. The van der Waals surface area contributed by atoms with Crippen LogP contribution in [-0.2, 0) is 7.05 Å². The van der Waals surface area contributed by atoms with Crippen LogP contribution >= 0.6 is 0 Å². The molecule has 11 heteroatoms. The van der Waals surface area contributed by atoms with Crippen LogP contribution in [-0.4, -0.2) is 62.9 Å². The Morgan fingerprint density at radius 2 is 1.70 bits per heavy atom. The molecule has 1 amide bonds.